The minimum absolute atomic E-state index is 0.237. The second-order valence-corrected chi connectivity index (χ2v) is 6.64. The number of likely N-dealkylation sites (N-methyl/N-ethyl adjacent to an activating group) is 1. The standard InChI is InChI=1S/C15H19N3O3S/c1-3-11-10-6-8-22-12(10)5-7-16(11)9-18-14(20)13(19)17(4-2)15(18)21/h6,8,11H,3-5,7,9H2,1-2H3/p+1/t11-/m1/s1. The van der Waals surface area contributed by atoms with Gasteiger partial charge in [0, 0.05) is 29.8 Å². The second-order valence-electron chi connectivity index (χ2n) is 5.64. The highest BCUT2D eigenvalue weighted by atomic mass is 32.1. The summed E-state index contributed by atoms with van der Waals surface area (Å²) in [7, 11) is 0. The molecule has 1 fully saturated rings. The molecule has 3 rings (SSSR count). The molecular weight excluding hydrogens is 302 g/mol. The van der Waals surface area contributed by atoms with Gasteiger partial charge < -0.3 is 4.90 Å². The Morgan fingerprint density at radius 3 is 2.59 bits per heavy atom. The third kappa shape index (κ3) is 2.24. The van der Waals surface area contributed by atoms with Gasteiger partial charge in [0.25, 0.3) is 0 Å². The molecule has 22 heavy (non-hydrogen) atoms. The van der Waals surface area contributed by atoms with Crippen molar-refractivity contribution in [3.05, 3.63) is 21.9 Å². The van der Waals surface area contributed by atoms with Gasteiger partial charge in [0.1, 0.15) is 6.04 Å². The Hall–Kier alpha value is -1.73. The molecular formula is C15H20N3O3S+. The van der Waals surface area contributed by atoms with E-state index >= 15 is 0 Å². The predicted octanol–water partition coefficient (Wildman–Crippen LogP) is 0.408. The quantitative estimate of drug-likeness (QED) is 0.645. The summed E-state index contributed by atoms with van der Waals surface area (Å²) in [5.74, 6) is -1.39. The average Bonchev–Trinajstić information content (AvgIpc) is 3.06. The maximum absolute atomic E-state index is 12.2. The molecule has 4 amide bonds. The molecule has 0 bridgehead atoms. The van der Waals surface area contributed by atoms with Crippen LogP contribution in [0.15, 0.2) is 11.4 Å². The van der Waals surface area contributed by atoms with E-state index in [1.807, 2.05) is 0 Å². The van der Waals surface area contributed by atoms with Crippen molar-refractivity contribution in [2.24, 2.45) is 0 Å². The van der Waals surface area contributed by atoms with Crippen molar-refractivity contribution < 1.29 is 19.3 Å². The van der Waals surface area contributed by atoms with E-state index in [1.165, 1.54) is 15.3 Å². The van der Waals surface area contributed by atoms with Crippen molar-refractivity contribution in [1.82, 2.24) is 9.80 Å². The van der Waals surface area contributed by atoms with Crippen molar-refractivity contribution in [2.75, 3.05) is 19.8 Å². The number of fused-ring (bicyclic) bond motifs is 1. The largest absolute Gasteiger partial charge is 0.338 e. The van der Waals surface area contributed by atoms with Gasteiger partial charge in [-0.2, -0.15) is 0 Å². The highest BCUT2D eigenvalue weighted by Gasteiger charge is 2.46. The van der Waals surface area contributed by atoms with E-state index in [0.717, 1.165) is 29.2 Å². The zero-order valence-corrected chi connectivity index (χ0v) is 13.6. The van der Waals surface area contributed by atoms with Crippen molar-refractivity contribution >= 4 is 29.2 Å². The summed E-state index contributed by atoms with van der Waals surface area (Å²) in [6.45, 7) is 5.21. The molecule has 6 nitrogen and oxygen atoms in total. The predicted molar refractivity (Wildman–Crippen MR) is 81.4 cm³/mol. The summed E-state index contributed by atoms with van der Waals surface area (Å²) in [4.78, 5) is 40.8. The van der Waals surface area contributed by atoms with Crippen molar-refractivity contribution in [3.8, 4) is 0 Å². The first kappa shape index (κ1) is 15.2. The van der Waals surface area contributed by atoms with Gasteiger partial charge in [-0.1, -0.05) is 6.92 Å². The van der Waals surface area contributed by atoms with Crippen LogP contribution in [0.3, 0.4) is 0 Å². The fourth-order valence-electron chi connectivity index (χ4n) is 3.40. The SMILES string of the molecule is CC[C@@H]1c2ccsc2CC[NH+]1CN1C(=O)C(=O)N(CC)C1=O. The first-order valence-corrected chi connectivity index (χ1v) is 8.54. The lowest BCUT2D eigenvalue weighted by molar-refractivity contribution is -0.940. The molecule has 0 aliphatic carbocycles. The summed E-state index contributed by atoms with van der Waals surface area (Å²) >= 11 is 1.77. The second kappa shape index (κ2) is 5.81. The average molecular weight is 322 g/mol. The molecule has 1 N–H and O–H groups in total. The summed E-state index contributed by atoms with van der Waals surface area (Å²) < 4.78 is 0. The number of thiophene rings is 1. The lowest BCUT2D eigenvalue weighted by Gasteiger charge is -2.33. The molecule has 7 heteroatoms. The van der Waals surface area contributed by atoms with Gasteiger partial charge in [0.2, 0.25) is 0 Å². The molecule has 1 aromatic rings. The molecule has 2 aliphatic rings. The Balaban J connectivity index is 1.80. The number of amides is 4. The zero-order chi connectivity index (χ0) is 15.9. The van der Waals surface area contributed by atoms with Crippen LogP contribution >= 0.6 is 11.3 Å². The Labute approximate surface area is 133 Å². The number of hydrogen-bond donors (Lipinski definition) is 1. The fraction of sp³-hybridized carbons (Fsp3) is 0.533. The molecule has 0 spiro atoms. The van der Waals surface area contributed by atoms with Gasteiger partial charge in [-0.15, -0.1) is 11.3 Å². The molecule has 118 valence electrons. The molecule has 2 aliphatic heterocycles. The maximum Gasteiger partial charge on any atom is 0.338 e. The van der Waals surface area contributed by atoms with E-state index in [0.29, 0.717) is 0 Å². The first-order chi connectivity index (χ1) is 10.6. The third-order valence-electron chi connectivity index (χ3n) is 4.54. The number of imide groups is 2. The summed E-state index contributed by atoms with van der Waals surface area (Å²) in [6.07, 6.45) is 1.90. The van der Waals surface area contributed by atoms with E-state index in [9.17, 15) is 14.4 Å². The highest BCUT2D eigenvalue weighted by molar-refractivity contribution is 7.10. The highest BCUT2D eigenvalue weighted by Crippen LogP contribution is 2.27. The first-order valence-electron chi connectivity index (χ1n) is 7.66. The number of nitrogens with zero attached hydrogens (tertiary/aromatic N) is 2. The van der Waals surface area contributed by atoms with E-state index in [1.54, 1.807) is 18.3 Å². The molecule has 0 aromatic carbocycles. The Morgan fingerprint density at radius 1 is 1.23 bits per heavy atom. The normalized spacial score (nSPS) is 25.1. The lowest BCUT2D eigenvalue weighted by atomic mass is 9.98. The monoisotopic (exact) mass is 322 g/mol. The molecule has 0 saturated carbocycles. The number of hydrogen-bond acceptors (Lipinski definition) is 4. The van der Waals surface area contributed by atoms with Crippen LogP contribution in [0.5, 0.6) is 0 Å². The van der Waals surface area contributed by atoms with Crippen LogP contribution in [0.4, 0.5) is 4.79 Å². The summed E-state index contributed by atoms with van der Waals surface area (Å²) in [5.41, 5.74) is 1.33. The van der Waals surface area contributed by atoms with Crippen LogP contribution in [0.25, 0.3) is 0 Å². The van der Waals surface area contributed by atoms with Gasteiger partial charge in [-0.05, 0) is 18.4 Å². The van der Waals surface area contributed by atoms with Gasteiger partial charge in [0.15, 0.2) is 6.67 Å². The van der Waals surface area contributed by atoms with Crippen molar-refractivity contribution in [3.63, 3.8) is 0 Å². The third-order valence-corrected chi connectivity index (χ3v) is 5.54. The van der Waals surface area contributed by atoms with Gasteiger partial charge in [-0.3, -0.25) is 14.5 Å². The van der Waals surface area contributed by atoms with Crippen LogP contribution in [0.1, 0.15) is 36.8 Å². The summed E-state index contributed by atoms with van der Waals surface area (Å²) in [5, 5.41) is 2.10. The van der Waals surface area contributed by atoms with Crippen LogP contribution in [-0.4, -0.2) is 47.4 Å². The number of carbonyl (C=O) groups is 3. The number of nitrogens with one attached hydrogen (secondary N) is 1. The van der Waals surface area contributed by atoms with Crippen LogP contribution in [-0.2, 0) is 16.0 Å². The van der Waals surface area contributed by atoms with Crippen LogP contribution < -0.4 is 4.90 Å². The van der Waals surface area contributed by atoms with Crippen LogP contribution in [0, 0.1) is 0 Å². The van der Waals surface area contributed by atoms with Crippen molar-refractivity contribution in [1.29, 1.82) is 0 Å². The number of rotatable bonds is 4. The summed E-state index contributed by atoms with van der Waals surface area (Å²) in [6, 6.07) is 1.95. The minimum Gasteiger partial charge on any atom is -0.311 e. The Bertz CT molecular complexity index is 627. The molecule has 2 atom stereocenters. The van der Waals surface area contributed by atoms with Gasteiger partial charge >= 0.3 is 17.8 Å². The lowest BCUT2D eigenvalue weighted by Crippen LogP contribution is -3.14. The zero-order valence-electron chi connectivity index (χ0n) is 12.8. The fourth-order valence-corrected chi connectivity index (χ4v) is 4.35. The maximum atomic E-state index is 12.2. The number of urea groups is 1. The topological polar surface area (TPSA) is 62.1 Å². The van der Waals surface area contributed by atoms with Crippen LogP contribution in [0.2, 0.25) is 0 Å². The molecule has 1 aromatic heterocycles. The Kier molecular flexibility index (Phi) is 4.01. The smallest absolute Gasteiger partial charge is 0.311 e. The van der Waals surface area contributed by atoms with E-state index in [4.69, 9.17) is 0 Å². The molecule has 1 unspecified atom stereocenters. The Morgan fingerprint density at radius 2 is 1.95 bits per heavy atom. The van der Waals surface area contributed by atoms with E-state index in [-0.39, 0.29) is 19.3 Å². The molecule has 0 radical (unpaired) electrons. The number of quaternary nitrogens is 1. The van der Waals surface area contributed by atoms with E-state index in [2.05, 4.69) is 18.4 Å². The van der Waals surface area contributed by atoms with Gasteiger partial charge in [0.05, 0.1) is 6.54 Å². The molecule has 3 heterocycles. The number of carbonyl (C=O) groups excluding carboxylic acids is 3. The minimum atomic E-state index is -0.701. The van der Waals surface area contributed by atoms with E-state index < -0.39 is 17.8 Å². The van der Waals surface area contributed by atoms with Gasteiger partial charge in [-0.25, -0.2) is 9.69 Å². The molecule has 1 saturated heterocycles. The van der Waals surface area contributed by atoms with Crippen molar-refractivity contribution in [2.45, 2.75) is 32.7 Å².